The standard InChI is InChI=1S/C10H9ClN2O/c11-8-3-4-10(13-9(8)5-12)14-6-7-1-2-7/h3-4,7H,1-2,6H2. The number of nitriles is 1. The SMILES string of the molecule is N#Cc1nc(OCC2CC2)ccc1Cl. The Balaban J connectivity index is 2.06. The Hall–Kier alpha value is -1.27. The highest BCUT2D eigenvalue weighted by Gasteiger charge is 2.22. The van der Waals surface area contributed by atoms with Gasteiger partial charge in [0.1, 0.15) is 6.07 Å². The average molecular weight is 209 g/mol. The number of hydrogen-bond donors (Lipinski definition) is 0. The van der Waals surface area contributed by atoms with Gasteiger partial charge < -0.3 is 4.74 Å². The minimum atomic E-state index is 0.222. The highest BCUT2D eigenvalue weighted by molar-refractivity contribution is 6.31. The van der Waals surface area contributed by atoms with Crippen molar-refractivity contribution < 1.29 is 4.74 Å². The second-order valence-electron chi connectivity index (χ2n) is 3.35. The largest absolute Gasteiger partial charge is 0.477 e. The van der Waals surface area contributed by atoms with Crippen LogP contribution in [0.1, 0.15) is 18.5 Å². The molecular formula is C10H9ClN2O. The Morgan fingerprint density at radius 2 is 2.36 bits per heavy atom. The van der Waals surface area contributed by atoms with Gasteiger partial charge >= 0.3 is 0 Å². The molecular weight excluding hydrogens is 200 g/mol. The van der Waals surface area contributed by atoms with E-state index in [4.69, 9.17) is 21.6 Å². The number of nitrogens with zero attached hydrogens (tertiary/aromatic N) is 2. The van der Waals surface area contributed by atoms with Crippen LogP contribution in [-0.4, -0.2) is 11.6 Å². The fourth-order valence-corrected chi connectivity index (χ4v) is 1.22. The van der Waals surface area contributed by atoms with Crippen LogP contribution in [0.5, 0.6) is 5.88 Å². The van der Waals surface area contributed by atoms with Crippen LogP contribution in [-0.2, 0) is 0 Å². The smallest absolute Gasteiger partial charge is 0.214 e. The minimum absolute atomic E-state index is 0.222. The molecule has 0 aliphatic heterocycles. The van der Waals surface area contributed by atoms with Crippen molar-refractivity contribution in [3.8, 4) is 11.9 Å². The van der Waals surface area contributed by atoms with E-state index in [0.717, 1.165) is 0 Å². The molecule has 1 aliphatic rings. The molecule has 0 atom stereocenters. The first-order valence-corrected chi connectivity index (χ1v) is 4.87. The Labute approximate surface area is 87.3 Å². The fraction of sp³-hybridized carbons (Fsp3) is 0.400. The third-order valence-corrected chi connectivity index (χ3v) is 2.40. The van der Waals surface area contributed by atoms with Crippen molar-refractivity contribution >= 4 is 11.6 Å². The molecule has 0 N–H and O–H groups in total. The lowest BCUT2D eigenvalue weighted by Crippen LogP contribution is -2.01. The number of aromatic nitrogens is 1. The van der Waals surface area contributed by atoms with Gasteiger partial charge in [-0.3, -0.25) is 0 Å². The van der Waals surface area contributed by atoms with E-state index in [-0.39, 0.29) is 5.69 Å². The van der Waals surface area contributed by atoms with Gasteiger partial charge in [-0.2, -0.15) is 5.26 Å². The first kappa shape index (κ1) is 9.29. The molecule has 0 spiro atoms. The van der Waals surface area contributed by atoms with Crippen LogP contribution < -0.4 is 4.74 Å². The van der Waals surface area contributed by atoms with E-state index in [1.54, 1.807) is 12.1 Å². The molecule has 1 aromatic heterocycles. The maximum atomic E-state index is 8.68. The van der Waals surface area contributed by atoms with Gasteiger partial charge in [0.15, 0.2) is 5.69 Å². The third kappa shape index (κ3) is 2.15. The lowest BCUT2D eigenvalue weighted by Gasteiger charge is -2.04. The van der Waals surface area contributed by atoms with Crippen molar-refractivity contribution in [3.63, 3.8) is 0 Å². The van der Waals surface area contributed by atoms with Gasteiger partial charge in [-0.15, -0.1) is 0 Å². The minimum Gasteiger partial charge on any atom is -0.477 e. The Bertz CT molecular complexity index is 382. The number of halogens is 1. The molecule has 2 rings (SSSR count). The summed E-state index contributed by atoms with van der Waals surface area (Å²) in [5.41, 5.74) is 0.222. The summed E-state index contributed by atoms with van der Waals surface area (Å²) >= 11 is 5.73. The van der Waals surface area contributed by atoms with Gasteiger partial charge in [0.05, 0.1) is 11.6 Å². The number of ether oxygens (including phenoxy) is 1. The predicted molar refractivity (Wildman–Crippen MR) is 52.2 cm³/mol. The molecule has 0 aromatic carbocycles. The van der Waals surface area contributed by atoms with Crippen LogP contribution in [0.25, 0.3) is 0 Å². The van der Waals surface area contributed by atoms with Gasteiger partial charge in [-0.05, 0) is 24.8 Å². The summed E-state index contributed by atoms with van der Waals surface area (Å²) in [6.45, 7) is 0.694. The summed E-state index contributed by atoms with van der Waals surface area (Å²) in [5.74, 6) is 1.16. The molecule has 1 aliphatic carbocycles. The zero-order valence-corrected chi connectivity index (χ0v) is 8.29. The maximum Gasteiger partial charge on any atom is 0.214 e. The van der Waals surface area contributed by atoms with Crippen LogP contribution in [0.3, 0.4) is 0 Å². The lowest BCUT2D eigenvalue weighted by atomic mass is 10.4. The molecule has 1 heterocycles. The summed E-state index contributed by atoms with van der Waals surface area (Å²) < 4.78 is 5.41. The topological polar surface area (TPSA) is 45.9 Å². The Kier molecular flexibility index (Phi) is 2.55. The zero-order chi connectivity index (χ0) is 9.97. The van der Waals surface area contributed by atoms with E-state index < -0.39 is 0 Å². The van der Waals surface area contributed by atoms with Gasteiger partial charge in [-0.1, -0.05) is 11.6 Å². The van der Waals surface area contributed by atoms with E-state index in [1.165, 1.54) is 12.8 Å². The maximum absolute atomic E-state index is 8.68. The van der Waals surface area contributed by atoms with Gasteiger partial charge in [0.25, 0.3) is 0 Å². The molecule has 1 saturated carbocycles. The van der Waals surface area contributed by atoms with E-state index in [2.05, 4.69) is 4.98 Å². The molecule has 0 saturated heterocycles. The van der Waals surface area contributed by atoms with E-state index >= 15 is 0 Å². The number of rotatable bonds is 3. The molecule has 4 heteroatoms. The summed E-state index contributed by atoms with van der Waals surface area (Å²) in [6, 6.07) is 5.24. The third-order valence-electron chi connectivity index (χ3n) is 2.09. The summed E-state index contributed by atoms with van der Waals surface area (Å²) in [7, 11) is 0. The molecule has 1 fully saturated rings. The molecule has 0 amide bonds. The van der Waals surface area contributed by atoms with Crippen molar-refractivity contribution in [1.29, 1.82) is 5.26 Å². The summed E-state index contributed by atoms with van der Waals surface area (Å²) in [6.07, 6.45) is 2.47. The molecule has 0 bridgehead atoms. The number of pyridine rings is 1. The van der Waals surface area contributed by atoms with E-state index in [9.17, 15) is 0 Å². The molecule has 3 nitrogen and oxygen atoms in total. The first-order valence-electron chi connectivity index (χ1n) is 4.49. The Morgan fingerprint density at radius 3 is 3.00 bits per heavy atom. The highest BCUT2D eigenvalue weighted by Crippen LogP contribution is 2.29. The first-order chi connectivity index (χ1) is 6.79. The van der Waals surface area contributed by atoms with Crippen molar-refractivity contribution in [2.75, 3.05) is 6.61 Å². The molecule has 14 heavy (non-hydrogen) atoms. The van der Waals surface area contributed by atoms with Crippen LogP contribution in [0.2, 0.25) is 5.02 Å². The Morgan fingerprint density at radius 1 is 1.57 bits per heavy atom. The second-order valence-corrected chi connectivity index (χ2v) is 3.75. The molecule has 0 unspecified atom stereocenters. The zero-order valence-electron chi connectivity index (χ0n) is 7.53. The molecule has 72 valence electrons. The van der Waals surface area contributed by atoms with Gasteiger partial charge in [-0.25, -0.2) is 4.98 Å². The van der Waals surface area contributed by atoms with Crippen molar-refractivity contribution in [1.82, 2.24) is 4.98 Å². The lowest BCUT2D eigenvalue weighted by molar-refractivity contribution is 0.288. The quantitative estimate of drug-likeness (QED) is 0.766. The van der Waals surface area contributed by atoms with Gasteiger partial charge in [0, 0.05) is 6.07 Å². The van der Waals surface area contributed by atoms with Crippen LogP contribution in [0, 0.1) is 17.2 Å². The van der Waals surface area contributed by atoms with Crippen LogP contribution >= 0.6 is 11.6 Å². The normalized spacial score (nSPS) is 14.9. The van der Waals surface area contributed by atoms with E-state index in [1.807, 2.05) is 6.07 Å². The summed E-state index contributed by atoms with van der Waals surface area (Å²) in [4.78, 5) is 3.98. The predicted octanol–water partition coefficient (Wildman–Crippen LogP) is 2.40. The monoisotopic (exact) mass is 208 g/mol. The van der Waals surface area contributed by atoms with Gasteiger partial charge in [0.2, 0.25) is 5.88 Å². The van der Waals surface area contributed by atoms with Crippen molar-refractivity contribution in [2.24, 2.45) is 5.92 Å². The number of hydrogen-bond acceptors (Lipinski definition) is 3. The summed E-state index contributed by atoms with van der Waals surface area (Å²) in [5, 5.41) is 9.05. The highest BCUT2D eigenvalue weighted by atomic mass is 35.5. The van der Waals surface area contributed by atoms with Crippen molar-refractivity contribution in [3.05, 3.63) is 22.8 Å². The van der Waals surface area contributed by atoms with E-state index in [0.29, 0.717) is 23.4 Å². The second kappa shape index (κ2) is 3.85. The molecule has 0 radical (unpaired) electrons. The van der Waals surface area contributed by atoms with Crippen molar-refractivity contribution in [2.45, 2.75) is 12.8 Å². The van der Waals surface area contributed by atoms with Crippen LogP contribution in [0.15, 0.2) is 12.1 Å². The van der Waals surface area contributed by atoms with Crippen LogP contribution in [0.4, 0.5) is 0 Å². The average Bonchev–Trinajstić information content (AvgIpc) is 3.00. The fourth-order valence-electron chi connectivity index (χ4n) is 1.07. The molecule has 1 aromatic rings.